The van der Waals surface area contributed by atoms with E-state index in [0.717, 1.165) is 4.90 Å². The SMILES string of the molecule is Cc1ccc(SCCC(=O)Nc2ccc(C#N)c(Cl)c2)cc1. The van der Waals surface area contributed by atoms with Gasteiger partial charge in [0, 0.05) is 22.8 Å². The summed E-state index contributed by atoms with van der Waals surface area (Å²) in [6, 6.07) is 15.1. The Hall–Kier alpha value is -1.96. The second-order valence-electron chi connectivity index (χ2n) is 4.77. The molecule has 0 atom stereocenters. The van der Waals surface area contributed by atoms with Crippen molar-refractivity contribution >= 4 is 35.0 Å². The predicted octanol–water partition coefficient (Wildman–Crippen LogP) is 4.64. The molecule has 0 spiro atoms. The van der Waals surface area contributed by atoms with E-state index in [4.69, 9.17) is 16.9 Å². The first-order valence-electron chi connectivity index (χ1n) is 6.77. The summed E-state index contributed by atoms with van der Waals surface area (Å²) in [5, 5.41) is 11.9. The minimum Gasteiger partial charge on any atom is -0.326 e. The maximum Gasteiger partial charge on any atom is 0.225 e. The van der Waals surface area contributed by atoms with Crippen LogP contribution in [0.15, 0.2) is 47.4 Å². The van der Waals surface area contributed by atoms with Gasteiger partial charge < -0.3 is 5.32 Å². The number of carbonyl (C=O) groups excluding carboxylic acids is 1. The van der Waals surface area contributed by atoms with Crippen molar-refractivity contribution in [1.29, 1.82) is 5.26 Å². The van der Waals surface area contributed by atoms with Gasteiger partial charge in [0.15, 0.2) is 0 Å². The Kier molecular flexibility index (Phi) is 5.88. The molecular weight excluding hydrogens is 316 g/mol. The van der Waals surface area contributed by atoms with Gasteiger partial charge in [-0.25, -0.2) is 0 Å². The number of benzene rings is 2. The summed E-state index contributed by atoms with van der Waals surface area (Å²) in [5.74, 6) is 0.638. The lowest BCUT2D eigenvalue weighted by Crippen LogP contribution is -2.12. The summed E-state index contributed by atoms with van der Waals surface area (Å²) >= 11 is 7.58. The lowest BCUT2D eigenvalue weighted by Gasteiger charge is -2.06. The van der Waals surface area contributed by atoms with Gasteiger partial charge in [-0.15, -0.1) is 11.8 Å². The zero-order chi connectivity index (χ0) is 15.9. The van der Waals surface area contributed by atoms with Crippen LogP contribution in [0.5, 0.6) is 0 Å². The number of hydrogen-bond acceptors (Lipinski definition) is 3. The zero-order valence-electron chi connectivity index (χ0n) is 12.1. The molecule has 0 saturated heterocycles. The molecule has 0 radical (unpaired) electrons. The Balaban J connectivity index is 1.82. The van der Waals surface area contributed by atoms with E-state index < -0.39 is 0 Å². The number of aryl methyl sites for hydroxylation is 1. The molecule has 0 fully saturated rings. The van der Waals surface area contributed by atoms with Crippen molar-refractivity contribution in [3.8, 4) is 6.07 Å². The first-order chi connectivity index (χ1) is 10.6. The van der Waals surface area contributed by atoms with Crippen LogP contribution in [-0.2, 0) is 4.79 Å². The molecule has 0 unspecified atom stereocenters. The number of nitrogens with one attached hydrogen (secondary N) is 1. The third-order valence-corrected chi connectivity index (χ3v) is 4.32. The number of amides is 1. The van der Waals surface area contributed by atoms with E-state index in [1.54, 1.807) is 30.0 Å². The van der Waals surface area contributed by atoms with Gasteiger partial charge in [-0.2, -0.15) is 5.26 Å². The van der Waals surface area contributed by atoms with Crippen LogP contribution in [0.1, 0.15) is 17.5 Å². The van der Waals surface area contributed by atoms with Gasteiger partial charge in [0.25, 0.3) is 0 Å². The third-order valence-electron chi connectivity index (χ3n) is 2.99. The van der Waals surface area contributed by atoms with Gasteiger partial charge in [-0.1, -0.05) is 29.3 Å². The Labute approximate surface area is 139 Å². The van der Waals surface area contributed by atoms with Gasteiger partial charge in [-0.3, -0.25) is 4.79 Å². The minimum atomic E-state index is -0.0691. The molecule has 1 N–H and O–H groups in total. The molecule has 1 amide bonds. The van der Waals surface area contributed by atoms with Gasteiger partial charge in [0.2, 0.25) is 5.91 Å². The van der Waals surface area contributed by atoms with Crippen molar-refractivity contribution in [3.05, 3.63) is 58.6 Å². The number of thioether (sulfide) groups is 1. The maximum absolute atomic E-state index is 11.9. The van der Waals surface area contributed by atoms with Crippen molar-refractivity contribution in [3.63, 3.8) is 0 Å². The molecule has 112 valence electrons. The Bertz CT molecular complexity index is 708. The highest BCUT2D eigenvalue weighted by Crippen LogP contribution is 2.21. The van der Waals surface area contributed by atoms with E-state index in [9.17, 15) is 4.79 Å². The fraction of sp³-hybridized carbons (Fsp3) is 0.176. The normalized spacial score (nSPS) is 10.0. The molecule has 0 aliphatic carbocycles. The maximum atomic E-state index is 11.9. The molecule has 3 nitrogen and oxygen atoms in total. The number of anilines is 1. The smallest absolute Gasteiger partial charge is 0.225 e. The second kappa shape index (κ2) is 7.88. The van der Waals surface area contributed by atoms with E-state index in [-0.39, 0.29) is 5.91 Å². The van der Waals surface area contributed by atoms with Crippen molar-refractivity contribution < 1.29 is 4.79 Å². The molecule has 5 heteroatoms. The van der Waals surface area contributed by atoms with E-state index in [2.05, 4.69) is 29.6 Å². The number of hydrogen-bond donors (Lipinski definition) is 1. The summed E-state index contributed by atoms with van der Waals surface area (Å²) in [6.07, 6.45) is 0.413. The van der Waals surface area contributed by atoms with Gasteiger partial charge in [-0.05, 0) is 37.3 Å². The lowest BCUT2D eigenvalue weighted by molar-refractivity contribution is -0.115. The highest BCUT2D eigenvalue weighted by Gasteiger charge is 2.05. The highest BCUT2D eigenvalue weighted by atomic mass is 35.5. The van der Waals surface area contributed by atoms with Crippen LogP contribution >= 0.6 is 23.4 Å². The topological polar surface area (TPSA) is 52.9 Å². The molecule has 0 aliphatic heterocycles. The molecule has 0 aliphatic rings. The average molecular weight is 331 g/mol. The molecule has 0 bridgehead atoms. The largest absolute Gasteiger partial charge is 0.326 e. The van der Waals surface area contributed by atoms with Crippen molar-refractivity contribution in [2.24, 2.45) is 0 Å². The highest BCUT2D eigenvalue weighted by molar-refractivity contribution is 7.99. The Morgan fingerprint density at radius 3 is 2.64 bits per heavy atom. The number of rotatable bonds is 5. The summed E-state index contributed by atoms with van der Waals surface area (Å²) in [5.41, 5.74) is 2.23. The number of halogens is 1. The van der Waals surface area contributed by atoms with Crippen molar-refractivity contribution in [2.75, 3.05) is 11.1 Å². The average Bonchev–Trinajstić information content (AvgIpc) is 2.49. The molecule has 2 aromatic carbocycles. The first kappa shape index (κ1) is 16.4. The standard InChI is InChI=1S/C17H15ClN2OS/c1-12-2-6-15(7-3-12)22-9-8-17(21)20-14-5-4-13(11-19)16(18)10-14/h2-7,10H,8-9H2,1H3,(H,20,21). The molecule has 22 heavy (non-hydrogen) atoms. The molecule has 0 aromatic heterocycles. The fourth-order valence-electron chi connectivity index (χ4n) is 1.80. The lowest BCUT2D eigenvalue weighted by atomic mass is 10.2. The van der Waals surface area contributed by atoms with Gasteiger partial charge in [0.05, 0.1) is 10.6 Å². The molecule has 2 rings (SSSR count). The van der Waals surface area contributed by atoms with Crippen LogP contribution in [0.3, 0.4) is 0 Å². The summed E-state index contributed by atoms with van der Waals surface area (Å²) < 4.78 is 0. The number of carbonyl (C=O) groups is 1. The van der Waals surface area contributed by atoms with Crippen LogP contribution in [0.2, 0.25) is 5.02 Å². The van der Waals surface area contributed by atoms with E-state index >= 15 is 0 Å². The summed E-state index contributed by atoms with van der Waals surface area (Å²) in [6.45, 7) is 2.05. The predicted molar refractivity (Wildman–Crippen MR) is 91.3 cm³/mol. The van der Waals surface area contributed by atoms with Crippen LogP contribution in [0, 0.1) is 18.3 Å². The van der Waals surface area contributed by atoms with Crippen molar-refractivity contribution in [1.82, 2.24) is 0 Å². The van der Waals surface area contributed by atoms with Gasteiger partial charge >= 0.3 is 0 Å². The first-order valence-corrected chi connectivity index (χ1v) is 8.14. The minimum absolute atomic E-state index is 0.0691. The van der Waals surface area contributed by atoms with E-state index in [1.807, 2.05) is 13.0 Å². The Morgan fingerprint density at radius 1 is 1.27 bits per heavy atom. The van der Waals surface area contributed by atoms with Gasteiger partial charge in [0.1, 0.15) is 6.07 Å². The van der Waals surface area contributed by atoms with Crippen molar-refractivity contribution in [2.45, 2.75) is 18.2 Å². The summed E-state index contributed by atoms with van der Waals surface area (Å²) in [4.78, 5) is 13.0. The van der Waals surface area contributed by atoms with E-state index in [1.165, 1.54) is 5.56 Å². The Morgan fingerprint density at radius 2 is 2.00 bits per heavy atom. The van der Waals surface area contributed by atoms with Crippen LogP contribution in [0.4, 0.5) is 5.69 Å². The quantitative estimate of drug-likeness (QED) is 0.812. The number of nitrogens with zero attached hydrogens (tertiary/aromatic N) is 1. The monoisotopic (exact) mass is 330 g/mol. The molecule has 2 aromatic rings. The van der Waals surface area contributed by atoms with Crippen LogP contribution in [0.25, 0.3) is 0 Å². The van der Waals surface area contributed by atoms with Crippen LogP contribution < -0.4 is 5.32 Å². The molecular formula is C17H15ClN2OS. The van der Waals surface area contributed by atoms with E-state index in [0.29, 0.717) is 28.4 Å². The third kappa shape index (κ3) is 4.80. The molecule has 0 heterocycles. The van der Waals surface area contributed by atoms with Crippen LogP contribution in [-0.4, -0.2) is 11.7 Å². The summed E-state index contributed by atoms with van der Waals surface area (Å²) in [7, 11) is 0. The molecule has 0 saturated carbocycles. The fourth-order valence-corrected chi connectivity index (χ4v) is 2.88. The zero-order valence-corrected chi connectivity index (χ0v) is 13.7. The second-order valence-corrected chi connectivity index (χ2v) is 6.34. The number of nitriles is 1.